The Balaban J connectivity index is 1.81. The second-order valence-corrected chi connectivity index (χ2v) is 6.54. The van der Waals surface area contributed by atoms with Crippen LogP contribution >= 0.6 is 23.4 Å². The zero-order chi connectivity index (χ0) is 16.2. The normalized spacial score (nSPS) is 11.2. The molecule has 0 spiro atoms. The van der Waals surface area contributed by atoms with Gasteiger partial charge in [0, 0.05) is 23.2 Å². The van der Waals surface area contributed by atoms with Gasteiger partial charge in [0.1, 0.15) is 5.15 Å². The van der Waals surface area contributed by atoms with E-state index in [0.717, 1.165) is 29.3 Å². The summed E-state index contributed by atoms with van der Waals surface area (Å²) in [6.45, 7) is 2.77. The molecule has 7 heteroatoms. The van der Waals surface area contributed by atoms with Crippen LogP contribution in [0.3, 0.4) is 0 Å². The Kier molecular flexibility index (Phi) is 5.03. The molecule has 0 radical (unpaired) electrons. The zero-order valence-electron chi connectivity index (χ0n) is 12.8. The third-order valence-corrected chi connectivity index (χ3v) is 4.92. The molecule has 1 aromatic carbocycles. The molecule has 0 fully saturated rings. The molecular weight excluding hydrogens is 332 g/mol. The average Bonchev–Trinajstić information content (AvgIpc) is 2.91. The Labute approximate surface area is 143 Å². The molecule has 0 aliphatic carbocycles. The van der Waals surface area contributed by atoms with E-state index in [4.69, 9.17) is 11.6 Å². The molecule has 0 amide bonds. The van der Waals surface area contributed by atoms with Gasteiger partial charge in [0.2, 0.25) is 0 Å². The number of hydrogen-bond acceptors (Lipinski definition) is 4. The number of nitrogens with zero attached hydrogens (tertiary/aromatic N) is 3. The van der Waals surface area contributed by atoms with Crippen molar-refractivity contribution in [1.29, 1.82) is 0 Å². The van der Waals surface area contributed by atoms with Gasteiger partial charge in [-0.1, -0.05) is 54.9 Å². The van der Waals surface area contributed by atoms with Crippen LogP contribution in [0.5, 0.6) is 0 Å². The first-order valence-corrected chi connectivity index (χ1v) is 8.87. The summed E-state index contributed by atoms with van der Waals surface area (Å²) >= 11 is 7.77. The number of para-hydroxylation sites is 1. The first kappa shape index (κ1) is 16.1. The number of H-pyrrole nitrogens is 1. The minimum atomic E-state index is -0.163. The summed E-state index contributed by atoms with van der Waals surface area (Å²) < 4.78 is 1.68. The Bertz CT molecular complexity index is 874. The smallest absolute Gasteiger partial charge is 0.270 e. The largest absolute Gasteiger partial charge is 0.343 e. The van der Waals surface area contributed by atoms with E-state index in [1.807, 2.05) is 30.3 Å². The number of thioether (sulfide) groups is 1. The Morgan fingerprint density at radius 3 is 3.00 bits per heavy atom. The Hall–Kier alpha value is -1.79. The van der Waals surface area contributed by atoms with Gasteiger partial charge in [0.25, 0.3) is 0 Å². The maximum absolute atomic E-state index is 11.8. The van der Waals surface area contributed by atoms with Gasteiger partial charge in [-0.3, -0.25) is 4.57 Å². The van der Waals surface area contributed by atoms with Crippen molar-refractivity contribution in [3.05, 3.63) is 51.5 Å². The van der Waals surface area contributed by atoms with Crippen LogP contribution in [-0.4, -0.2) is 19.7 Å². The van der Waals surface area contributed by atoms with E-state index < -0.39 is 0 Å². The lowest BCUT2D eigenvalue weighted by atomic mass is 10.2. The predicted molar refractivity (Wildman–Crippen MR) is 94.1 cm³/mol. The molecule has 3 rings (SSSR count). The maximum atomic E-state index is 11.8. The van der Waals surface area contributed by atoms with Gasteiger partial charge in [-0.05, 0) is 18.6 Å². The highest BCUT2D eigenvalue weighted by atomic mass is 35.5. The molecule has 0 bridgehead atoms. The van der Waals surface area contributed by atoms with Gasteiger partial charge < -0.3 is 0 Å². The van der Waals surface area contributed by atoms with Gasteiger partial charge in [-0.2, -0.15) is 0 Å². The van der Waals surface area contributed by atoms with Crippen LogP contribution in [0, 0.1) is 0 Å². The standard InChI is InChI=1S/C16H17ClN4OS/c1-2-3-8-21-15(22)19-20-16(21)23-10-12-9-11-6-4-5-7-13(11)18-14(12)17/h4-7,9H,2-3,8,10H2,1H3,(H,19,22). The van der Waals surface area contributed by atoms with E-state index in [2.05, 4.69) is 22.1 Å². The molecular formula is C16H17ClN4OS. The van der Waals surface area contributed by atoms with E-state index in [0.29, 0.717) is 22.6 Å². The van der Waals surface area contributed by atoms with Crippen molar-refractivity contribution < 1.29 is 0 Å². The number of pyridine rings is 1. The molecule has 1 N–H and O–H groups in total. The van der Waals surface area contributed by atoms with Crippen LogP contribution in [0.15, 0.2) is 40.3 Å². The van der Waals surface area contributed by atoms with Crippen molar-refractivity contribution in [2.75, 3.05) is 0 Å². The molecule has 0 unspecified atom stereocenters. The molecule has 0 aliphatic rings. The minimum Gasteiger partial charge on any atom is -0.270 e. The molecule has 3 aromatic rings. The molecule has 2 heterocycles. The summed E-state index contributed by atoms with van der Waals surface area (Å²) in [5.41, 5.74) is 1.66. The lowest BCUT2D eigenvalue weighted by Crippen LogP contribution is -2.17. The highest BCUT2D eigenvalue weighted by molar-refractivity contribution is 7.98. The van der Waals surface area contributed by atoms with E-state index >= 15 is 0 Å². The number of benzene rings is 1. The van der Waals surface area contributed by atoms with Crippen LogP contribution in [-0.2, 0) is 12.3 Å². The lowest BCUT2D eigenvalue weighted by Gasteiger charge is -2.07. The average molecular weight is 349 g/mol. The van der Waals surface area contributed by atoms with E-state index in [1.54, 1.807) is 4.57 Å². The van der Waals surface area contributed by atoms with Crippen molar-refractivity contribution in [2.24, 2.45) is 0 Å². The molecule has 0 saturated carbocycles. The van der Waals surface area contributed by atoms with Crippen molar-refractivity contribution >= 4 is 34.3 Å². The van der Waals surface area contributed by atoms with Crippen molar-refractivity contribution in [2.45, 2.75) is 37.2 Å². The van der Waals surface area contributed by atoms with E-state index in [1.165, 1.54) is 11.8 Å². The van der Waals surface area contributed by atoms with Gasteiger partial charge in [0.05, 0.1) is 5.52 Å². The fraction of sp³-hybridized carbons (Fsp3) is 0.312. The second kappa shape index (κ2) is 7.19. The summed E-state index contributed by atoms with van der Waals surface area (Å²) in [4.78, 5) is 16.2. The first-order chi connectivity index (χ1) is 11.2. The summed E-state index contributed by atoms with van der Waals surface area (Å²) in [7, 11) is 0. The quantitative estimate of drug-likeness (QED) is 0.542. The summed E-state index contributed by atoms with van der Waals surface area (Å²) in [5, 5.41) is 8.85. The van der Waals surface area contributed by atoms with Crippen LogP contribution < -0.4 is 5.69 Å². The number of hydrogen-bond donors (Lipinski definition) is 1. The summed E-state index contributed by atoms with van der Waals surface area (Å²) in [5.74, 6) is 0.618. The van der Waals surface area contributed by atoms with Gasteiger partial charge in [-0.15, -0.1) is 5.10 Å². The van der Waals surface area contributed by atoms with Gasteiger partial charge in [-0.25, -0.2) is 14.9 Å². The third kappa shape index (κ3) is 3.59. The lowest BCUT2D eigenvalue weighted by molar-refractivity contribution is 0.573. The summed E-state index contributed by atoms with van der Waals surface area (Å²) in [6, 6.07) is 9.91. The zero-order valence-corrected chi connectivity index (χ0v) is 14.3. The topological polar surface area (TPSA) is 63.6 Å². The van der Waals surface area contributed by atoms with Crippen LogP contribution in [0.25, 0.3) is 10.9 Å². The number of unbranched alkanes of at least 4 members (excludes halogenated alkanes) is 1. The molecule has 0 saturated heterocycles. The SMILES string of the molecule is CCCCn1c(SCc2cc3ccccc3nc2Cl)n[nH]c1=O. The predicted octanol–water partition coefficient (Wildman–Crippen LogP) is 3.87. The van der Waals surface area contributed by atoms with Crippen molar-refractivity contribution in [3.63, 3.8) is 0 Å². The molecule has 120 valence electrons. The number of aromatic nitrogens is 4. The molecule has 0 aliphatic heterocycles. The van der Waals surface area contributed by atoms with Crippen LogP contribution in [0.4, 0.5) is 0 Å². The Morgan fingerprint density at radius 1 is 1.35 bits per heavy atom. The summed E-state index contributed by atoms with van der Waals surface area (Å²) in [6.07, 6.45) is 1.98. The maximum Gasteiger partial charge on any atom is 0.343 e. The number of aromatic amines is 1. The fourth-order valence-corrected chi connectivity index (χ4v) is 3.54. The first-order valence-electron chi connectivity index (χ1n) is 7.51. The minimum absolute atomic E-state index is 0.163. The number of nitrogens with one attached hydrogen (secondary N) is 1. The van der Waals surface area contributed by atoms with Crippen LogP contribution in [0.1, 0.15) is 25.3 Å². The number of rotatable bonds is 6. The number of fused-ring (bicyclic) bond motifs is 1. The van der Waals surface area contributed by atoms with Gasteiger partial charge >= 0.3 is 5.69 Å². The number of halogens is 1. The Morgan fingerprint density at radius 2 is 2.17 bits per heavy atom. The van der Waals surface area contributed by atoms with Crippen molar-refractivity contribution in [3.8, 4) is 0 Å². The highest BCUT2D eigenvalue weighted by Gasteiger charge is 2.11. The molecule has 5 nitrogen and oxygen atoms in total. The fourth-order valence-electron chi connectivity index (χ4n) is 2.31. The highest BCUT2D eigenvalue weighted by Crippen LogP contribution is 2.27. The van der Waals surface area contributed by atoms with Gasteiger partial charge in [0.15, 0.2) is 5.16 Å². The van der Waals surface area contributed by atoms with Crippen molar-refractivity contribution in [1.82, 2.24) is 19.7 Å². The van der Waals surface area contributed by atoms with Crippen LogP contribution in [0.2, 0.25) is 5.15 Å². The van der Waals surface area contributed by atoms with E-state index in [-0.39, 0.29) is 5.69 Å². The third-order valence-electron chi connectivity index (χ3n) is 3.57. The van der Waals surface area contributed by atoms with E-state index in [9.17, 15) is 4.79 Å². The molecule has 2 aromatic heterocycles. The molecule has 0 atom stereocenters. The second-order valence-electron chi connectivity index (χ2n) is 5.24. The monoisotopic (exact) mass is 348 g/mol. The molecule has 23 heavy (non-hydrogen) atoms.